The SMILES string of the molecule is O=C1Cc2cc(Nc3nc4cncc(-c5cnn(CCN6CCOCC6)c5)n4n3)ccc2N1. The van der Waals surface area contributed by atoms with Gasteiger partial charge in [0.2, 0.25) is 11.9 Å². The van der Waals surface area contributed by atoms with Crippen LogP contribution in [0, 0.1) is 0 Å². The fraction of sp³-hybridized carbons (Fsp3) is 0.318. The minimum absolute atomic E-state index is 0.00853. The van der Waals surface area contributed by atoms with Crippen molar-refractivity contribution in [1.29, 1.82) is 0 Å². The summed E-state index contributed by atoms with van der Waals surface area (Å²) in [7, 11) is 0. The molecule has 1 aromatic carbocycles. The highest BCUT2D eigenvalue weighted by molar-refractivity contribution is 5.99. The van der Waals surface area contributed by atoms with E-state index in [4.69, 9.17) is 4.74 Å². The molecule has 1 fully saturated rings. The number of nitrogens with one attached hydrogen (secondary N) is 2. The van der Waals surface area contributed by atoms with Crippen molar-refractivity contribution in [3.8, 4) is 11.3 Å². The quantitative estimate of drug-likeness (QED) is 0.460. The van der Waals surface area contributed by atoms with Crippen LogP contribution in [0.25, 0.3) is 16.9 Å². The molecule has 33 heavy (non-hydrogen) atoms. The number of carbonyl (C=O) groups excluding carboxylic acids is 1. The van der Waals surface area contributed by atoms with Gasteiger partial charge in [-0.15, -0.1) is 5.10 Å². The molecule has 6 rings (SSSR count). The zero-order chi connectivity index (χ0) is 22.2. The van der Waals surface area contributed by atoms with E-state index in [1.54, 1.807) is 16.9 Å². The van der Waals surface area contributed by atoms with Crippen molar-refractivity contribution in [2.45, 2.75) is 13.0 Å². The molecule has 2 N–H and O–H groups in total. The molecule has 2 aliphatic heterocycles. The van der Waals surface area contributed by atoms with Crippen LogP contribution in [-0.4, -0.2) is 73.0 Å². The van der Waals surface area contributed by atoms with Gasteiger partial charge < -0.3 is 15.4 Å². The first kappa shape index (κ1) is 19.8. The Kier molecular flexibility index (Phi) is 4.96. The second-order valence-corrected chi connectivity index (χ2v) is 8.17. The first-order chi connectivity index (χ1) is 16.2. The molecule has 11 heteroatoms. The van der Waals surface area contributed by atoms with Crippen LogP contribution in [0.2, 0.25) is 0 Å². The molecular formula is C22H23N9O2. The van der Waals surface area contributed by atoms with Gasteiger partial charge in [0, 0.05) is 42.8 Å². The monoisotopic (exact) mass is 445 g/mol. The van der Waals surface area contributed by atoms with Gasteiger partial charge >= 0.3 is 0 Å². The maximum absolute atomic E-state index is 11.6. The van der Waals surface area contributed by atoms with Crippen molar-refractivity contribution in [2.75, 3.05) is 43.5 Å². The Morgan fingerprint density at radius 2 is 2.03 bits per heavy atom. The van der Waals surface area contributed by atoms with Gasteiger partial charge in [-0.1, -0.05) is 0 Å². The molecule has 11 nitrogen and oxygen atoms in total. The van der Waals surface area contributed by atoms with Gasteiger partial charge in [0.05, 0.1) is 50.5 Å². The van der Waals surface area contributed by atoms with Crippen LogP contribution in [0.15, 0.2) is 43.0 Å². The molecule has 0 bridgehead atoms. The van der Waals surface area contributed by atoms with Crippen molar-refractivity contribution in [1.82, 2.24) is 34.3 Å². The number of nitrogens with zero attached hydrogens (tertiary/aromatic N) is 7. The van der Waals surface area contributed by atoms with Crippen LogP contribution in [0.4, 0.5) is 17.3 Å². The lowest BCUT2D eigenvalue weighted by molar-refractivity contribution is -0.115. The van der Waals surface area contributed by atoms with E-state index < -0.39 is 0 Å². The van der Waals surface area contributed by atoms with Gasteiger partial charge in [-0.2, -0.15) is 10.1 Å². The van der Waals surface area contributed by atoms with Crippen molar-refractivity contribution < 1.29 is 9.53 Å². The predicted molar refractivity (Wildman–Crippen MR) is 121 cm³/mol. The molecule has 168 valence electrons. The zero-order valence-electron chi connectivity index (χ0n) is 17.9. The first-order valence-corrected chi connectivity index (χ1v) is 10.9. The van der Waals surface area contributed by atoms with Crippen molar-refractivity contribution in [3.63, 3.8) is 0 Å². The Hall–Kier alpha value is -3.83. The zero-order valence-corrected chi connectivity index (χ0v) is 17.9. The van der Waals surface area contributed by atoms with Crippen LogP contribution in [-0.2, 0) is 22.5 Å². The molecular weight excluding hydrogens is 422 g/mol. The number of benzene rings is 1. The Morgan fingerprint density at radius 1 is 1.12 bits per heavy atom. The van der Waals surface area contributed by atoms with Crippen LogP contribution >= 0.6 is 0 Å². The van der Waals surface area contributed by atoms with Gasteiger partial charge in [-0.05, 0) is 23.8 Å². The molecule has 4 aromatic rings. The Bertz CT molecular complexity index is 1320. The van der Waals surface area contributed by atoms with E-state index >= 15 is 0 Å². The van der Waals surface area contributed by atoms with Gasteiger partial charge in [0.1, 0.15) is 0 Å². The summed E-state index contributed by atoms with van der Waals surface area (Å²) < 4.78 is 9.11. The summed E-state index contributed by atoms with van der Waals surface area (Å²) in [5, 5.41) is 15.2. The average Bonchev–Trinajstić information content (AvgIpc) is 3.55. The van der Waals surface area contributed by atoms with Gasteiger partial charge in [-0.3, -0.25) is 19.4 Å². The van der Waals surface area contributed by atoms with Crippen LogP contribution < -0.4 is 10.6 Å². The van der Waals surface area contributed by atoms with E-state index in [2.05, 4.69) is 35.7 Å². The predicted octanol–water partition coefficient (Wildman–Crippen LogP) is 1.56. The van der Waals surface area contributed by atoms with Crippen LogP contribution in [0.3, 0.4) is 0 Å². The van der Waals surface area contributed by atoms with Gasteiger partial charge in [0.15, 0.2) is 5.65 Å². The van der Waals surface area contributed by atoms with Gasteiger partial charge in [-0.25, -0.2) is 4.52 Å². The molecule has 5 heterocycles. The molecule has 0 aliphatic carbocycles. The third-order valence-corrected chi connectivity index (χ3v) is 5.91. The number of aromatic nitrogens is 6. The van der Waals surface area contributed by atoms with E-state index in [9.17, 15) is 4.79 Å². The lowest BCUT2D eigenvalue weighted by Crippen LogP contribution is -2.38. The number of rotatable bonds is 6. The average molecular weight is 445 g/mol. The normalized spacial score (nSPS) is 16.2. The summed E-state index contributed by atoms with van der Waals surface area (Å²) in [4.78, 5) is 22.9. The molecule has 0 spiro atoms. The summed E-state index contributed by atoms with van der Waals surface area (Å²) in [6.45, 7) is 5.25. The third kappa shape index (κ3) is 4.03. The summed E-state index contributed by atoms with van der Waals surface area (Å²) in [5.41, 5.74) is 5.01. The molecule has 0 saturated carbocycles. The fourth-order valence-electron chi connectivity index (χ4n) is 4.19. The minimum atomic E-state index is 0.00853. The molecule has 1 saturated heterocycles. The van der Waals surface area contributed by atoms with Gasteiger partial charge in [0.25, 0.3) is 0 Å². The van der Waals surface area contributed by atoms with Crippen molar-refractivity contribution in [2.24, 2.45) is 0 Å². The lowest BCUT2D eigenvalue weighted by Gasteiger charge is -2.26. The van der Waals surface area contributed by atoms with E-state index in [-0.39, 0.29) is 5.91 Å². The number of morpholine rings is 1. The maximum atomic E-state index is 11.6. The number of carbonyl (C=O) groups is 1. The molecule has 0 unspecified atom stereocenters. The lowest BCUT2D eigenvalue weighted by atomic mass is 10.1. The Balaban J connectivity index is 1.21. The number of hydrogen-bond acceptors (Lipinski definition) is 8. The van der Waals surface area contributed by atoms with Crippen LogP contribution in [0.5, 0.6) is 0 Å². The van der Waals surface area contributed by atoms with E-state index in [0.717, 1.165) is 67.6 Å². The topological polar surface area (TPSA) is 115 Å². The number of fused-ring (bicyclic) bond motifs is 2. The first-order valence-electron chi connectivity index (χ1n) is 10.9. The molecule has 3 aromatic heterocycles. The number of hydrogen-bond donors (Lipinski definition) is 2. The Morgan fingerprint density at radius 3 is 2.94 bits per heavy atom. The highest BCUT2D eigenvalue weighted by Crippen LogP contribution is 2.27. The highest BCUT2D eigenvalue weighted by atomic mass is 16.5. The van der Waals surface area contributed by atoms with E-state index in [0.29, 0.717) is 18.0 Å². The van der Waals surface area contributed by atoms with E-state index in [1.807, 2.05) is 35.3 Å². The molecule has 0 radical (unpaired) electrons. The maximum Gasteiger partial charge on any atom is 0.247 e. The largest absolute Gasteiger partial charge is 0.379 e. The molecule has 2 aliphatic rings. The second kappa shape index (κ2) is 8.26. The summed E-state index contributed by atoms with van der Waals surface area (Å²) >= 11 is 0. The second-order valence-electron chi connectivity index (χ2n) is 8.17. The summed E-state index contributed by atoms with van der Waals surface area (Å²) in [5.74, 6) is 0.468. The molecule has 0 atom stereocenters. The fourth-order valence-corrected chi connectivity index (χ4v) is 4.19. The minimum Gasteiger partial charge on any atom is -0.379 e. The number of ether oxygens (including phenoxy) is 1. The standard InChI is InChI=1S/C22H23N9O2/c32-21-10-15-9-17(1-2-18(15)26-21)25-22-27-20-13-23-12-19(31(20)28-22)16-11-24-30(14-16)4-3-29-5-7-33-8-6-29/h1-2,9,11-14H,3-8,10H2,(H,25,28)(H,26,32). The van der Waals surface area contributed by atoms with Crippen molar-refractivity contribution in [3.05, 3.63) is 48.5 Å². The Labute approximate surface area is 189 Å². The summed E-state index contributed by atoms with van der Waals surface area (Å²) in [6, 6.07) is 5.72. The van der Waals surface area contributed by atoms with E-state index in [1.165, 1.54) is 0 Å². The van der Waals surface area contributed by atoms with Crippen LogP contribution in [0.1, 0.15) is 5.56 Å². The number of anilines is 3. The smallest absolute Gasteiger partial charge is 0.247 e. The third-order valence-electron chi connectivity index (χ3n) is 5.91. The van der Waals surface area contributed by atoms with Crippen molar-refractivity contribution >= 4 is 28.9 Å². The molecule has 1 amide bonds. The highest BCUT2D eigenvalue weighted by Gasteiger charge is 2.18. The number of amides is 1. The summed E-state index contributed by atoms with van der Waals surface area (Å²) in [6.07, 6.45) is 7.66.